The molecule has 0 aromatic heterocycles. The van der Waals surface area contributed by atoms with E-state index >= 15 is 4.79 Å². The van der Waals surface area contributed by atoms with Gasteiger partial charge in [0.15, 0.2) is 28.5 Å². The van der Waals surface area contributed by atoms with Gasteiger partial charge in [-0.05, 0) is 72.1 Å². The summed E-state index contributed by atoms with van der Waals surface area (Å²) in [6.07, 6.45) is 6.66. The molecule has 0 aliphatic heterocycles. The van der Waals surface area contributed by atoms with E-state index in [9.17, 15) is 14.4 Å². The van der Waals surface area contributed by atoms with E-state index in [4.69, 9.17) is 0 Å². The maximum absolute atomic E-state index is 15.0. The molecular formula is C33H40O4. The molecule has 37 heavy (non-hydrogen) atoms. The van der Waals surface area contributed by atoms with Gasteiger partial charge >= 0.3 is 0 Å². The van der Waals surface area contributed by atoms with Gasteiger partial charge < -0.3 is 0 Å². The van der Waals surface area contributed by atoms with Crippen molar-refractivity contribution in [3.63, 3.8) is 0 Å². The van der Waals surface area contributed by atoms with Crippen molar-refractivity contribution < 1.29 is 19.2 Å². The molecule has 4 aliphatic carbocycles. The van der Waals surface area contributed by atoms with Crippen molar-refractivity contribution in [2.24, 2.45) is 33.5 Å². The molecule has 4 heteroatoms. The highest BCUT2D eigenvalue weighted by molar-refractivity contribution is 6.42. The Hall–Kier alpha value is -2.88. The lowest BCUT2D eigenvalue weighted by atomic mass is 9.27. The third-order valence-corrected chi connectivity index (χ3v) is 9.47. The standard InChI is InChI=1S/C33H40O4/c1-20(2)14-16-31-19-25-24(18-22(5)6)33(28(31)36,26(34)23-12-10-9-11-13-23)29(37)32(27(31)35,30(25,7)8)17-15-21(3)4/h9-15,18,24-25H,16-17,19H2,1-8H3/t24-,25-,31+,32-,33-/m1/s1. The first kappa shape index (κ1) is 27.2. The molecule has 4 nitrogen and oxygen atoms in total. The van der Waals surface area contributed by atoms with Crippen LogP contribution in [0.25, 0.3) is 0 Å². The zero-order chi connectivity index (χ0) is 27.6. The zero-order valence-electron chi connectivity index (χ0n) is 23.5. The summed E-state index contributed by atoms with van der Waals surface area (Å²) in [5.41, 5.74) is -2.14. The van der Waals surface area contributed by atoms with Gasteiger partial charge in [-0.3, -0.25) is 19.2 Å². The Morgan fingerprint density at radius 1 is 0.811 bits per heavy atom. The highest BCUT2D eigenvalue weighted by Gasteiger charge is 2.86. The minimum absolute atomic E-state index is 0.181. The average molecular weight is 501 g/mol. The third-order valence-electron chi connectivity index (χ3n) is 9.47. The van der Waals surface area contributed by atoms with E-state index in [1.807, 2.05) is 79.7 Å². The molecule has 5 atom stereocenters. The van der Waals surface area contributed by atoms with E-state index in [-0.39, 0.29) is 24.5 Å². The fourth-order valence-corrected chi connectivity index (χ4v) is 7.56. The summed E-state index contributed by atoms with van der Waals surface area (Å²) in [6, 6.07) is 8.68. The van der Waals surface area contributed by atoms with E-state index in [1.165, 1.54) is 0 Å². The predicted octanol–water partition coefficient (Wildman–Crippen LogP) is 6.90. The van der Waals surface area contributed by atoms with Crippen LogP contribution >= 0.6 is 0 Å². The molecular weight excluding hydrogens is 460 g/mol. The summed E-state index contributed by atoms with van der Waals surface area (Å²) in [7, 11) is 0. The van der Waals surface area contributed by atoms with Crippen LogP contribution in [0.5, 0.6) is 0 Å². The van der Waals surface area contributed by atoms with Crippen molar-refractivity contribution in [2.45, 2.75) is 74.7 Å². The Balaban J connectivity index is 2.14. The van der Waals surface area contributed by atoms with Crippen molar-refractivity contribution in [3.8, 4) is 0 Å². The zero-order valence-corrected chi connectivity index (χ0v) is 23.5. The SMILES string of the molecule is CC(C)=CC[C@@]12C[C@@H]3[C@@H](C=C(C)C)[C@@](C(=O)c4ccccc4)(C1=O)C(=O)[C@@](CC=C(C)C)(C2=O)C3(C)C. The molecule has 1 aromatic carbocycles. The maximum Gasteiger partial charge on any atom is 0.184 e. The van der Waals surface area contributed by atoms with E-state index in [0.29, 0.717) is 12.0 Å². The molecule has 0 spiro atoms. The number of hydrogen-bond acceptors (Lipinski definition) is 4. The normalized spacial score (nSPS) is 33.2. The lowest BCUT2D eigenvalue weighted by Crippen LogP contribution is -2.83. The second kappa shape index (κ2) is 8.85. The van der Waals surface area contributed by atoms with Crippen molar-refractivity contribution in [2.75, 3.05) is 0 Å². The fourth-order valence-electron chi connectivity index (χ4n) is 7.56. The minimum Gasteiger partial charge on any atom is -0.297 e. The number of carbonyl (C=O) groups excluding carboxylic acids is 4. The first-order valence-electron chi connectivity index (χ1n) is 13.4. The van der Waals surface area contributed by atoms with E-state index in [1.54, 1.807) is 24.3 Å². The first-order chi connectivity index (χ1) is 17.2. The molecule has 0 unspecified atom stereocenters. The van der Waals surface area contributed by atoms with Gasteiger partial charge in [0.2, 0.25) is 0 Å². The van der Waals surface area contributed by atoms with E-state index < -0.39 is 44.9 Å². The quantitative estimate of drug-likeness (QED) is 0.232. The molecule has 4 saturated carbocycles. The summed E-state index contributed by atoms with van der Waals surface area (Å²) < 4.78 is 0. The fraction of sp³-hybridized carbons (Fsp3) is 0.515. The molecule has 4 aliphatic rings. The minimum atomic E-state index is -1.91. The number of hydrogen-bond donors (Lipinski definition) is 0. The van der Waals surface area contributed by atoms with Crippen LogP contribution in [-0.4, -0.2) is 23.1 Å². The summed E-state index contributed by atoms with van der Waals surface area (Å²) in [6.45, 7) is 15.7. The van der Waals surface area contributed by atoms with Gasteiger partial charge in [0, 0.05) is 11.5 Å². The highest BCUT2D eigenvalue weighted by Crippen LogP contribution is 2.75. The summed E-state index contributed by atoms with van der Waals surface area (Å²) >= 11 is 0. The van der Waals surface area contributed by atoms with Gasteiger partial charge in [0.05, 0.1) is 10.8 Å². The van der Waals surface area contributed by atoms with Gasteiger partial charge in [-0.2, -0.15) is 0 Å². The Morgan fingerprint density at radius 3 is 1.92 bits per heavy atom. The van der Waals surface area contributed by atoms with Crippen LogP contribution < -0.4 is 0 Å². The number of benzene rings is 1. The van der Waals surface area contributed by atoms with Gasteiger partial charge in [-0.1, -0.05) is 79.1 Å². The molecule has 0 heterocycles. The van der Waals surface area contributed by atoms with Crippen molar-refractivity contribution >= 4 is 23.1 Å². The summed E-state index contributed by atoms with van der Waals surface area (Å²) in [4.78, 5) is 59.1. The molecule has 4 fully saturated rings. The van der Waals surface area contributed by atoms with E-state index in [2.05, 4.69) is 0 Å². The number of Topliss-reactive ketones (excluding diaryl/α,β-unsaturated/α-hetero) is 4. The highest BCUT2D eigenvalue weighted by atomic mass is 16.2. The van der Waals surface area contributed by atoms with Crippen LogP contribution in [0.1, 0.15) is 85.0 Å². The van der Waals surface area contributed by atoms with Gasteiger partial charge in [-0.15, -0.1) is 0 Å². The third kappa shape index (κ3) is 3.40. The first-order valence-corrected chi connectivity index (χ1v) is 13.4. The molecule has 0 saturated heterocycles. The molecule has 0 N–H and O–H groups in total. The number of rotatable bonds is 7. The van der Waals surface area contributed by atoms with Crippen molar-refractivity contribution in [1.82, 2.24) is 0 Å². The second-order valence-corrected chi connectivity index (χ2v) is 12.8. The second-order valence-electron chi connectivity index (χ2n) is 12.8. The Labute approximate surface area is 221 Å². The number of ketones is 4. The van der Waals surface area contributed by atoms with Crippen molar-refractivity contribution in [1.29, 1.82) is 0 Å². The topological polar surface area (TPSA) is 68.3 Å². The van der Waals surface area contributed by atoms with Crippen LogP contribution in [0.4, 0.5) is 0 Å². The smallest absolute Gasteiger partial charge is 0.184 e. The van der Waals surface area contributed by atoms with Crippen LogP contribution in [0.3, 0.4) is 0 Å². The van der Waals surface area contributed by atoms with E-state index in [0.717, 1.165) is 16.7 Å². The van der Waals surface area contributed by atoms with Crippen LogP contribution in [0.15, 0.2) is 65.3 Å². The predicted molar refractivity (Wildman–Crippen MR) is 146 cm³/mol. The Kier molecular flexibility index (Phi) is 6.50. The monoisotopic (exact) mass is 500 g/mol. The number of allylic oxidation sites excluding steroid dienone is 6. The molecule has 196 valence electrons. The molecule has 0 amide bonds. The van der Waals surface area contributed by atoms with Gasteiger partial charge in [0.25, 0.3) is 0 Å². The van der Waals surface area contributed by atoms with Crippen molar-refractivity contribution in [3.05, 3.63) is 70.8 Å². The lowest BCUT2D eigenvalue weighted by Gasteiger charge is -2.71. The molecule has 5 rings (SSSR count). The van der Waals surface area contributed by atoms with Crippen LogP contribution in [0, 0.1) is 33.5 Å². The molecule has 0 radical (unpaired) electrons. The Morgan fingerprint density at radius 2 is 1.38 bits per heavy atom. The van der Waals surface area contributed by atoms with Gasteiger partial charge in [0.1, 0.15) is 0 Å². The maximum atomic E-state index is 15.0. The lowest BCUT2D eigenvalue weighted by molar-refractivity contribution is -0.210. The Bertz CT molecular complexity index is 1260. The molecule has 1 aromatic rings. The number of carbonyl (C=O) groups is 4. The average Bonchev–Trinajstić information content (AvgIpc) is 2.82. The summed E-state index contributed by atoms with van der Waals surface area (Å²) in [5.74, 6) is -2.48. The van der Waals surface area contributed by atoms with Crippen LogP contribution in [-0.2, 0) is 14.4 Å². The van der Waals surface area contributed by atoms with Crippen LogP contribution in [0.2, 0.25) is 0 Å². The van der Waals surface area contributed by atoms with Gasteiger partial charge in [-0.25, -0.2) is 0 Å². The summed E-state index contributed by atoms with van der Waals surface area (Å²) in [5, 5.41) is 0. The largest absolute Gasteiger partial charge is 0.297 e. The molecule has 4 bridgehead atoms.